The average molecular weight is 141 g/mol. The number of hydrogen-bond donors (Lipinski definition) is 1. The van der Waals surface area contributed by atoms with Gasteiger partial charge >= 0.3 is 0 Å². The van der Waals surface area contributed by atoms with Crippen molar-refractivity contribution in [3.63, 3.8) is 0 Å². The van der Waals surface area contributed by atoms with Crippen molar-refractivity contribution >= 4 is 11.8 Å². The standard InChI is InChI=1S/C6H7NO3/c8-5-3-1-2-4(3)6(9)7(5)10/h3-4,10H,1-2H2. The number of imide groups is 1. The molecular formula is C6H7NO3. The van der Waals surface area contributed by atoms with Crippen LogP contribution in [-0.2, 0) is 9.59 Å². The van der Waals surface area contributed by atoms with E-state index < -0.39 is 11.8 Å². The van der Waals surface area contributed by atoms with E-state index in [1.54, 1.807) is 0 Å². The van der Waals surface area contributed by atoms with Gasteiger partial charge in [-0.3, -0.25) is 14.8 Å². The van der Waals surface area contributed by atoms with E-state index in [4.69, 9.17) is 5.21 Å². The van der Waals surface area contributed by atoms with E-state index in [1.807, 2.05) is 0 Å². The number of amides is 2. The van der Waals surface area contributed by atoms with E-state index in [0.29, 0.717) is 0 Å². The Hall–Kier alpha value is -0.900. The number of hydrogen-bond acceptors (Lipinski definition) is 3. The van der Waals surface area contributed by atoms with Gasteiger partial charge in [-0.15, -0.1) is 0 Å². The monoisotopic (exact) mass is 141 g/mol. The first-order chi connectivity index (χ1) is 4.72. The molecule has 2 unspecified atom stereocenters. The number of rotatable bonds is 0. The maximum atomic E-state index is 10.8. The Morgan fingerprint density at radius 2 is 1.60 bits per heavy atom. The second-order valence-corrected chi connectivity index (χ2v) is 2.78. The van der Waals surface area contributed by atoms with Crippen molar-refractivity contribution in [2.45, 2.75) is 12.8 Å². The molecule has 1 heterocycles. The number of fused-ring (bicyclic) bond motifs is 1. The molecule has 4 heteroatoms. The van der Waals surface area contributed by atoms with Crippen LogP contribution < -0.4 is 0 Å². The van der Waals surface area contributed by atoms with Gasteiger partial charge < -0.3 is 0 Å². The summed E-state index contributed by atoms with van der Waals surface area (Å²) >= 11 is 0. The highest BCUT2D eigenvalue weighted by atomic mass is 16.5. The Kier molecular flexibility index (Phi) is 0.922. The van der Waals surface area contributed by atoms with Gasteiger partial charge in [0, 0.05) is 0 Å². The molecule has 1 N–H and O–H groups in total. The highest BCUT2D eigenvalue weighted by Gasteiger charge is 2.52. The molecular weight excluding hydrogens is 134 g/mol. The lowest BCUT2D eigenvalue weighted by atomic mass is 9.76. The molecule has 0 spiro atoms. The summed E-state index contributed by atoms with van der Waals surface area (Å²) < 4.78 is 0. The molecule has 2 atom stereocenters. The lowest BCUT2D eigenvalue weighted by Gasteiger charge is -2.23. The predicted molar refractivity (Wildman–Crippen MR) is 29.9 cm³/mol. The van der Waals surface area contributed by atoms with Crippen LogP contribution in [0.15, 0.2) is 0 Å². The third-order valence-electron chi connectivity index (χ3n) is 2.33. The average Bonchev–Trinajstić information content (AvgIpc) is 1.92. The number of nitrogens with zero attached hydrogens (tertiary/aromatic N) is 1. The fraction of sp³-hybridized carbons (Fsp3) is 0.667. The quantitative estimate of drug-likeness (QED) is 0.374. The molecule has 4 nitrogen and oxygen atoms in total. The second kappa shape index (κ2) is 1.58. The number of carbonyl (C=O) groups is 2. The largest absolute Gasteiger partial charge is 0.278 e. The van der Waals surface area contributed by atoms with E-state index >= 15 is 0 Å². The van der Waals surface area contributed by atoms with E-state index in [1.165, 1.54) is 0 Å². The van der Waals surface area contributed by atoms with Crippen LogP contribution in [0.2, 0.25) is 0 Å². The van der Waals surface area contributed by atoms with Gasteiger partial charge in [0.2, 0.25) is 0 Å². The Morgan fingerprint density at radius 3 is 1.80 bits per heavy atom. The number of carbonyl (C=O) groups excluding carboxylic acids is 2. The molecule has 2 amide bonds. The molecule has 1 saturated heterocycles. The van der Waals surface area contributed by atoms with Gasteiger partial charge in [0.15, 0.2) is 0 Å². The third-order valence-corrected chi connectivity index (χ3v) is 2.33. The van der Waals surface area contributed by atoms with Crippen molar-refractivity contribution in [1.82, 2.24) is 5.06 Å². The molecule has 0 radical (unpaired) electrons. The molecule has 2 fully saturated rings. The van der Waals surface area contributed by atoms with Crippen molar-refractivity contribution < 1.29 is 14.8 Å². The fourth-order valence-corrected chi connectivity index (χ4v) is 1.51. The molecule has 0 aromatic rings. The Bertz CT molecular complexity index is 191. The van der Waals surface area contributed by atoms with Crippen LogP contribution in [-0.4, -0.2) is 22.1 Å². The van der Waals surface area contributed by atoms with Gasteiger partial charge in [-0.05, 0) is 12.8 Å². The van der Waals surface area contributed by atoms with E-state index in [-0.39, 0.29) is 16.9 Å². The van der Waals surface area contributed by atoms with Crippen LogP contribution in [0, 0.1) is 11.8 Å². The summed E-state index contributed by atoms with van der Waals surface area (Å²) in [6.07, 6.45) is 1.51. The topological polar surface area (TPSA) is 57.6 Å². The minimum atomic E-state index is -0.416. The summed E-state index contributed by atoms with van der Waals surface area (Å²) in [5.74, 6) is -1.22. The smallest absolute Gasteiger partial charge is 0.257 e. The van der Waals surface area contributed by atoms with Crippen LogP contribution in [0.3, 0.4) is 0 Å². The molecule has 0 aromatic carbocycles. The molecule has 10 heavy (non-hydrogen) atoms. The zero-order chi connectivity index (χ0) is 7.30. The molecule has 0 bridgehead atoms. The van der Waals surface area contributed by atoms with Crippen LogP contribution in [0.25, 0.3) is 0 Å². The maximum absolute atomic E-state index is 10.8. The summed E-state index contributed by atoms with van der Waals surface area (Å²) in [6, 6.07) is 0. The van der Waals surface area contributed by atoms with Crippen LogP contribution in [0.4, 0.5) is 0 Å². The minimum absolute atomic E-state index is 0.197. The fourth-order valence-electron chi connectivity index (χ4n) is 1.51. The zero-order valence-corrected chi connectivity index (χ0v) is 5.28. The minimum Gasteiger partial charge on any atom is -0.278 e. The number of hydroxylamine groups is 2. The van der Waals surface area contributed by atoms with Gasteiger partial charge in [-0.25, -0.2) is 0 Å². The van der Waals surface area contributed by atoms with Gasteiger partial charge in [-0.1, -0.05) is 0 Å². The molecule has 0 aromatic heterocycles. The van der Waals surface area contributed by atoms with Gasteiger partial charge in [-0.2, -0.15) is 5.06 Å². The highest BCUT2D eigenvalue weighted by Crippen LogP contribution is 2.41. The molecule has 1 saturated carbocycles. The van der Waals surface area contributed by atoms with Crippen molar-refractivity contribution in [3.8, 4) is 0 Å². The molecule has 1 aliphatic carbocycles. The Labute approximate surface area is 57.4 Å². The second-order valence-electron chi connectivity index (χ2n) is 2.78. The third kappa shape index (κ3) is 0.455. The summed E-state index contributed by atoms with van der Waals surface area (Å²) in [5, 5.41) is 9.05. The van der Waals surface area contributed by atoms with Gasteiger partial charge in [0.25, 0.3) is 11.8 Å². The van der Waals surface area contributed by atoms with Crippen LogP contribution in [0.5, 0.6) is 0 Å². The summed E-state index contributed by atoms with van der Waals surface area (Å²) in [4.78, 5) is 21.7. The Morgan fingerprint density at radius 1 is 1.20 bits per heavy atom. The summed E-state index contributed by atoms with van der Waals surface area (Å²) in [6.45, 7) is 0. The van der Waals surface area contributed by atoms with Crippen molar-refractivity contribution in [3.05, 3.63) is 0 Å². The van der Waals surface area contributed by atoms with Gasteiger partial charge in [0.1, 0.15) is 0 Å². The van der Waals surface area contributed by atoms with Crippen molar-refractivity contribution in [2.24, 2.45) is 11.8 Å². The highest BCUT2D eigenvalue weighted by molar-refractivity contribution is 6.04. The lowest BCUT2D eigenvalue weighted by molar-refractivity contribution is -0.172. The van der Waals surface area contributed by atoms with Crippen LogP contribution in [0.1, 0.15) is 12.8 Å². The lowest BCUT2D eigenvalue weighted by Crippen LogP contribution is -2.27. The Balaban J connectivity index is 2.30. The first-order valence-corrected chi connectivity index (χ1v) is 3.28. The van der Waals surface area contributed by atoms with Gasteiger partial charge in [0.05, 0.1) is 11.8 Å². The normalized spacial score (nSPS) is 37.9. The summed E-state index contributed by atoms with van der Waals surface area (Å²) in [7, 11) is 0. The predicted octanol–water partition coefficient (Wildman–Crippen LogP) is -0.229. The summed E-state index contributed by atoms with van der Waals surface area (Å²) in [5.41, 5.74) is 0. The van der Waals surface area contributed by atoms with Crippen molar-refractivity contribution in [2.75, 3.05) is 0 Å². The molecule has 54 valence electrons. The molecule has 1 aliphatic heterocycles. The maximum Gasteiger partial charge on any atom is 0.257 e. The van der Waals surface area contributed by atoms with E-state index in [9.17, 15) is 9.59 Å². The zero-order valence-electron chi connectivity index (χ0n) is 5.28. The SMILES string of the molecule is O=C1C2CCC2C(=O)N1O. The van der Waals surface area contributed by atoms with Crippen LogP contribution >= 0.6 is 0 Å². The first-order valence-electron chi connectivity index (χ1n) is 3.28. The van der Waals surface area contributed by atoms with E-state index in [0.717, 1.165) is 12.8 Å². The molecule has 2 aliphatic rings. The first kappa shape index (κ1) is 5.85. The van der Waals surface area contributed by atoms with Crippen molar-refractivity contribution in [1.29, 1.82) is 0 Å². The molecule has 2 rings (SSSR count). The van der Waals surface area contributed by atoms with E-state index in [2.05, 4.69) is 0 Å².